The van der Waals surface area contributed by atoms with Crippen molar-refractivity contribution in [1.82, 2.24) is 14.9 Å². The minimum absolute atomic E-state index is 0.0235. The Bertz CT molecular complexity index is 705. The number of nitrogens with one attached hydrogen (secondary N) is 1. The Morgan fingerprint density at radius 1 is 1.27 bits per heavy atom. The molecule has 0 aliphatic heterocycles. The number of rotatable bonds is 5. The zero-order valence-electron chi connectivity index (χ0n) is 13.2. The first-order valence-electron chi connectivity index (χ1n) is 7.34. The average Bonchev–Trinajstić information content (AvgIpc) is 2.49. The van der Waals surface area contributed by atoms with Crippen molar-refractivity contribution in [3.05, 3.63) is 53.1 Å². The summed E-state index contributed by atoms with van der Waals surface area (Å²) < 4.78 is 1.31. The summed E-state index contributed by atoms with van der Waals surface area (Å²) in [6.07, 6.45) is 2.24. The molecule has 5 nitrogen and oxygen atoms in total. The second kappa shape index (κ2) is 6.56. The van der Waals surface area contributed by atoms with Crippen LogP contribution in [0.3, 0.4) is 0 Å². The third-order valence-electron chi connectivity index (χ3n) is 3.62. The van der Waals surface area contributed by atoms with Crippen LogP contribution in [0.15, 0.2) is 47.5 Å². The van der Waals surface area contributed by atoms with Crippen LogP contribution in [0.5, 0.6) is 0 Å². The lowest BCUT2D eigenvalue weighted by Crippen LogP contribution is -2.45. The van der Waals surface area contributed by atoms with Gasteiger partial charge in [0, 0.05) is 17.2 Å². The fourth-order valence-electron chi connectivity index (χ4n) is 1.97. The molecule has 1 aromatic heterocycles. The number of hydrogen-bond donors (Lipinski definition) is 1. The highest BCUT2D eigenvalue weighted by Gasteiger charge is 2.18. The maximum absolute atomic E-state index is 12.1. The standard InChI is InChI=1S/C17H21N3O2/c1-4-17(2,3)19-15(21)11-20-12-18-14(10-16(20)22)13-8-6-5-7-9-13/h5-10,12H,4,11H2,1-3H3,(H,19,21). The van der Waals surface area contributed by atoms with Crippen LogP contribution in [0, 0.1) is 0 Å². The van der Waals surface area contributed by atoms with E-state index in [-0.39, 0.29) is 23.6 Å². The summed E-state index contributed by atoms with van der Waals surface area (Å²) in [5, 5.41) is 2.90. The summed E-state index contributed by atoms with van der Waals surface area (Å²) in [5.41, 5.74) is 0.968. The van der Waals surface area contributed by atoms with Crippen molar-refractivity contribution in [3.8, 4) is 11.3 Å². The molecule has 1 aromatic carbocycles. The minimum Gasteiger partial charge on any atom is -0.350 e. The van der Waals surface area contributed by atoms with Crippen molar-refractivity contribution >= 4 is 5.91 Å². The number of carbonyl (C=O) groups excluding carboxylic acids is 1. The summed E-state index contributed by atoms with van der Waals surface area (Å²) in [4.78, 5) is 28.4. The fourth-order valence-corrected chi connectivity index (χ4v) is 1.97. The van der Waals surface area contributed by atoms with Gasteiger partial charge in [0.1, 0.15) is 6.54 Å². The Labute approximate surface area is 130 Å². The van der Waals surface area contributed by atoms with Crippen molar-refractivity contribution < 1.29 is 4.79 Å². The maximum atomic E-state index is 12.1. The Balaban J connectivity index is 2.14. The summed E-state index contributed by atoms with van der Waals surface area (Å²) in [6, 6.07) is 10.9. The van der Waals surface area contributed by atoms with E-state index < -0.39 is 0 Å². The summed E-state index contributed by atoms with van der Waals surface area (Å²) in [7, 11) is 0. The molecule has 0 unspecified atom stereocenters. The normalized spacial score (nSPS) is 11.2. The van der Waals surface area contributed by atoms with E-state index in [1.807, 2.05) is 51.1 Å². The molecule has 0 spiro atoms. The van der Waals surface area contributed by atoms with E-state index in [0.29, 0.717) is 5.69 Å². The molecule has 2 aromatic rings. The first-order chi connectivity index (χ1) is 10.4. The van der Waals surface area contributed by atoms with Crippen LogP contribution >= 0.6 is 0 Å². The zero-order chi connectivity index (χ0) is 16.2. The molecule has 0 atom stereocenters. The van der Waals surface area contributed by atoms with Crippen LogP contribution in [0.25, 0.3) is 11.3 Å². The van der Waals surface area contributed by atoms with Crippen LogP contribution < -0.4 is 10.9 Å². The van der Waals surface area contributed by atoms with Gasteiger partial charge in [-0.2, -0.15) is 0 Å². The van der Waals surface area contributed by atoms with Crippen LogP contribution in [-0.4, -0.2) is 21.0 Å². The molecule has 1 N–H and O–H groups in total. The van der Waals surface area contributed by atoms with E-state index in [1.54, 1.807) is 0 Å². The van der Waals surface area contributed by atoms with Crippen molar-refractivity contribution in [1.29, 1.82) is 0 Å². The van der Waals surface area contributed by atoms with Crippen LogP contribution in [0.2, 0.25) is 0 Å². The highest BCUT2D eigenvalue weighted by molar-refractivity contribution is 5.76. The molecule has 0 aliphatic rings. The van der Waals surface area contributed by atoms with Gasteiger partial charge >= 0.3 is 0 Å². The van der Waals surface area contributed by atoms with E-state index in [9.17, 15) is 9.59 Å². The summed E-state index contributed by atoms with van der Waals surface area (Å²) in [6.45, 7) is 5.88. The highest BCUT2D eigenvalue weighted by Crippen LogP contribution is 2.13. The highest BCUT2D eigenvalue weighted by atomic mass is 16.2. The van der Waals surface area contributed by atoms with Crippen molar-refractivity contribution in [2.24, 2.45) is 0 Å². The molecule has 0 saturated carbocycles. The lowest BCUT2D eigenvalue weighted by Gasteiger charge is -2.24. The molecular formula is C17H21N3O2. The van der Waals surface area contributed by atoms with Crippen molar-refractivity contribution in [2.45, 2.75) is 39.3 Å². The Morgan fingerprint density at radius 3 is 2.55 bits per heavy atom. The van der Waals surface area contributed by atoms with E-state index in [0.717, 1.165) is 12.0 Å². The molecule has 0 fully saturated rings. The SMILES string of the molecule is CCC(C)(C)NC(=O)Cn1cnc(-c2ccccc2)cc1=O. The molecule has 0 saturated heterocycles. The van der Waals surface area contributed by atoms with E-state index in [1.165, 1.54) is 17.0 Å². The van der Waals surface area contributed by atoms with Crippen LogP contribution in [0.1, 0.15) is 27.2 Å². The van der Waals surface area contributed by atoms with Gasteiger partial charge < -0.3 is 5.32 Å². The Kier molecular flexibility index (Phi) is 4.75. The number of carbonyl (C=O) groups is 1. The van der Waals surface area contributed by atoms with Gasteiger partial charge in [-0.25, -0.2) is 4.98 Å². The largest absolute Gasteiger partial charge is 0.350 e. The second-order valence-corrected chi connectivity index (χ2v) is 5.89. The number of amides is 1. The Morgan fingerprint density at radius 2 is 1.95 bits per heavy atom. The molecule has 0 aliphatic carbocycles. The lowest BCUT2D eigenvalue weighted by molar-refractivity contribution is -0.123. The number of nitrogens with zero attached hydrogens (tertiary/aromatic N) is 2. The first kappa shape index (κ1) is 15.9. The third kappa shape index (κ3) is 4.04. The van der Waals surface area contributed by atoms with E-state index >= 15 is 0 Å². The molecule has 116 valence electrons. The second-order valence-electron chi connectivity index (χ2n) is 5.89. The van der Waals surface area contributed by atoms with E-state index in [2.05, 4.69) is 10.3 Å². The molecular weight excluding hydrogens is 278 g/mol. The molecule has 5 heteroatoms. The van der Waals surface area contributed by atoms with Gasteiger partial charge in [0.05, 0.1) is 12.0 Å². The van der Waals surface area contributed by atoms with Gasteiger partial charge in [-0.05, 0) is 20.3 Å². The summed E-state index contributed by atoms with van der Waals surface area (Å²) in [5.74, 6) is -0.191. The van der Waals surface area contributed by atoms with Gasteiger partial charge in [0.15, 0.2) is 0 Å². The van der Waals surface area contributed by atoms with E-state index in [4.69, 9.17) is 0 Å². The number of aromatic nitrogens is 2. The van der Waals surface area contributed by atoms with Gasteiger partial charge in [0.25, 0.3) is 5.56 Å². The topological polar surface area (TPSA) is 64.0 Å². The predicted molar refractivity (Wildman–Crippen MR) is 86.4 cm³/mol. The van der Waals surface area contributed by atoms with Gasteiger partial charge in [-0.3, -0.25) is 14.2 Å². The quantitative estimate of drug-likeness (QED) is 0.920. The van der Waals surface area contributed by atoms with Gasteiger partial charge in [0.2, 0.25) is 5.91 Å². The zero-order valence-corrected chi connectivity index (χ0v) is 13.2. The van der Waals surface area contributed by atoms with Gasteiger partial charge in [-0.1, -0.05) is 37.3 Å². The van der Waals surface area contributed by atoms with Gasteiger partial charge in [-0.15, -0.1) is 0 Å². The first-order valence-corrected chi connectivity index (χ1v) is 7.34. The molecule has 0 bridgehead atoms. The molecule has 1 amide bonds. The van der Waals surface area contributed by atoms with Crippen LogP contribution in [-0.2, 0) is 11.3 Å². The molecule has 22 heavy (non-hydrogen) atoms. The minimum atomic E-state index is -0.280. The average molecular weight is 299 g/mol. The fraction of sp³-hybridized carbons (Fsp3) is 0.353. The van der Waals surface area contributed by atoms with Crippen molar-refractivity contribution in [3.63, 3.8) is 0 Å². The molecule has 0 radical (unpaired) electrons. The maximum Gasteiger partial charge on any atom is 0.254 e. The number of hydrogen-bond acceptors (Lipinski definition) is 3. The lowest BCUT2D eigenvalue weighted by atomic mass is 10.0. The van der Waals surface area contributed by atoms with Crippen molar-refractivity contribution in [2.75, 3.05) is 0 Å². The monoisotopic (exact) mass is 299 g/mol. The Hall–Kier alpha value is -2.43. The van der Waals surface area contributed by atoms with Crippen LogP contribution in [0.4, 0.5) is 0 Å². The summed E-state index contributed by atoms with van der Waals surface area (Å²) >= 11 is 0. The molecule has 2 rings (SSSR count). The molecule has 1 heterocycles. The third-order valence-corrected chi connectivity index (χ3v) is 3.62. The number of benzene rings is 1. The predicted octanol–water partition coefficient (Wildman–Crippen LogP) is 2.22. The smallest absolute Gasteiger partial charge is 0.254 e.